The molecule has 0 atom stereocenters. The monoisotopic (exact) mass is 432 g/mol. The molecule has 2 aliphatic heterocycles. The van der Waals surface area contributed by atoms with Crippen LogP contribution in [0.2, 0.25) is 0 Å². The van der Waals surface area contributed by atoms with E-state index in [2.05, 4.69) is 15.2 Å². The first-order chi connectivity index (χ1) is 14.2. The molecule has 5 rings (SSSR count). The van der Waals surface area contributed by atoms with Crippen molar-refractivity contribution in [1.29, 1.82) is 0 Å². The van der Waals surface area contributed by atoms with Gasteiger partial charge in [0.1, 0.15) is 5.52 Å². The van der Waals surface area contributed by atoms with Gasteiger partial charge in [-0.2, -0.15) is 0 Å². The highest BCUT2D eigenvalue weighted by Gasteiger charge is 2.52. The molecule has 0 bridgehead atoms. The Hall–Kier alpha value is -2.04. The fourth-order valence-electron chi connectivity index (χ4n) is 5.07. The molecule has 1 spiro atoms. The smallest absolute Gasteiger partial charge is 0.223 e. The van der Waals surface area contributed by atoms with Crippen molar-refractivity contribution in [1.82, 2.24) is 19.3 Å². The second kappa shape index (κ2) is 7.00. The molecule has 1 aliphatic carbocycles. The minimum absolute atomic E-state index is 0.144. The Morgan fingerprint density at radius 3 is 2.53 bits per heavy atom. The van der Waals surface area contributed by atoms with Crippen LogP contribution in [0, 0.1) is 12.3 Å². The van der Waals surface area contributed by atoms with Gasteiger partial charge in [0.25, 0.3) is 0 Å². The van der Waals surface area contributed by atoms with Gasteiger partial charge in [-0.25, -0.2) is 27.7 Å². The summed E-state index contributed by atoms with van der Waals surface area (Å²) in [6.45, 7) is 4.82. The quantitative estimate of drug-likeness (QED) is 0.740. The van der Waals surface area contributed by atoms with Gasteiger partial charge in [0.2, 0.25) is 16.0 Å². The number of nitrogens with one attached hydrogen (secondary N) is 1. The summed E-state index contributed by atoms with van der Waals surface area (Å²) < 4.78 is 24.9. The van der Waals surface area contributed by atoms with Gasteiger partial charge in [0, 0.05) is 54.9 Å². The van der Waals surface area contributed by atoms with E-state index in [4.69, 9.17) is 9.97 Å². The molecule has 162 valence electrons. The molecule has 2 saturated heterocycles. The third-order valence-corrected chi connectivity index (χ3v) is 7.92. The molecule has 2 aromatic heterocycles. The lowest BCUT2D eigenvalue weighted by Crippen LogP contribution is -2.64. The zero-order chi connectivity index (χ0) is 21.1. The summed E-state index contributed by atoms with van der Waals surface area (Å²) >= 11 is 0. The van der Waals surface area contributed by atoms with Crippen molar-refractivity contribution in [2.24, 2.45) is 5.41 Å². The average molecular weight is 433 g/mol. The number of aromatic nitrogens is 3. The van der Waals surface area contributed by atoms with Crippen LogP contribution in [0.3, 0.4) is 0 Å². The van der Waals surface area contributed by atoms with Crippen LogP contribution in [-0.2, 0) is 10.0 Å². The first kappa shape index (κ1) is 19.9. The maximum atomic E-state index is 11.7. The molecule has 3 aliphatic rings. The molecule has 9 nitrogen and oxygen atoms in total. The van der Waals surface area contributed by atoms with Crippen LogP contribution in [0.5, 0.6) is 0 Å². The minimum atomic E-state index is -3.13. The minimum Gasteiger partial charge on any atom is -0.393 e. The van der Waals surface area contributed by atoms with Gasteiger partial charge in [0.15, 0.2) is 5.82 Å². The normalized spacial score (nSPS) is 22.8. The summed E-state index contributed by atoms with van der Waals surface area (Å²) in [6.07, 6.45) is 6.14. The third-order valence-electron chi connectivity index (χ3n) is 6.62. The SMILES string of the molecule is Cc1cc2cnc(NC3CCN(S(C)(=O)=O)CC3)nc2c(N2CC3(CC(O)C3)C2)n1. The van der Waals surface area contributed by atoms with Crippen molar-refractivity contribution < 1.29 is 13.5 Å². The molecule has 3 fully saturated rings. The summed E-state index contributed by atoms with van der Waals surface area (Å²) in [5, 5.41) is 14.0. The van der Waals surface area contributed by atoms with E-state index >= 15 is 0 Å². The predicted molar refractivity (Wildman–Crippen MR) is 115 cm³/mol. The lowest BCUT2D eigenvalue weighted by molar-refractivity contribution is -0.0493. The highest BCUT2D eigenvalue weighted by atomic mass is 32.2. The van der Waals surface area contributed by atoms with Crippen molar-refractivity contribution in [3.05, 3.63) is 18.0 Å². The second-order valence-corrected chi connectivity index (χ2v) is 11.2. The number of anilines is 2. The molecule has 0 aromatic carbocycles. The molecule has 0 radical (unpaired) electrons. The van der Waals surface area contributed by atoms with E-state index in [0.29, 0.717) is 19.0 Å². The van der Waals surface area contributed by atoms with E-state index in [1.807, 2.05) is 19.2 Å². The number of pyridine rings is 1. The van der Waals surface area contributed by atoms with Crippen LogP contribution in [0.15, 0.2) is 12.3 Å². The number of aliphatic hydroxyl groups is 1. The average Bonchev–Trinajstić information content (AvgIpc) is 2.63. The van der Waals surface area contributed by atoms with Gasteiger partial charge in [-0.1, -0.05) is 0 Å². The molecule has 10 heteroatoms. The maximum absolute atomic E-state index is 11.7. The van der Waals surface area contributed by atoms with E-state index in [0.717, 1.165) is 61.2 Å². The Morgan fingerprint density at radius 2 is 1.90 bits per heavy atom. The fraction of sp³-hybridized carbons (Fsp3) is 0.650. The number of hydrogen-bond donors (Lipinski definition) is 2. The van der Waals surface area contributed by atoms with Crippen LogP contribution in [0.4, 0.5) is 11.8 Å². The number of piperidine rings is 1. The summed E-state index contributed by atoms with van der Waals surface area (Å²) in [6, 6.07) is 2.14. The lowest BCUT2D eigenvalue weighted by atomic mass is 9.62. The van der Waals surface area contributed by atoms with E-state index in [9.17, 15) is 13.5 Å². The van der Waals surface area contributed by atoms with Crippen molar-refractivity contribution in [3.8, 4) is 0 Å². The molecule has 30 heavy (non-hydrogen) atoms. The number of fused-ring (bicyclic) bond motifs is 1. The van der Waals surface area contributed by atoms with Crippen molar-refractivity contribution >= 4 is 32.7 Å². The molecular formula is C20H28N6O3S. The van der Waals surface area contributed by atoms with Crippen LogP contribution in [0.1, 0.15) is 31.4 Å². The van der Waals surface area contributed by atoms with Crippen LogP contribution >= 0.6 is 0 Å². The number of nitrogens with zero attached hydrogens (tertiary/aromatic N) is 5. The molecule has 2 aromatic rings. The second-order valence-electron chi connectivity index (χ2n) is 9.22. The van der Waals surface area contributed by atoms with Gasteiger partial charge in [0.05, 0.1) is 12.4 Å². The number of sulfonamides is 1. The van der Waals surface area contributed by atoms with E-state index in [1.165, 1.54) is 10.6 Å². The van der Waals surface area contributed by atoms with Crippen molar-refractivity contribution in [3.63, 3.8) is 0 Å². The summed E-state index contributed by atoms with van der Waals surface area (Å²) in [5.74, 6) is 1.44. The first-order valence-electron chi connectivity index (χ1n) is 10.5. The number of hydrogen-bond acceptors (Lipinski definition) is 8. The topological polar surface area (TPSA) is 112 Å². The predicted octanol–water partition coefficient (Wildman–Crippen LogP) is 1.13. The summed E-state index contributed by atoms with van der Waals surface area (Å²) in [7, 11) is -3.13. The first-order valence-corrected chi connectivity index (χ1v) is 12.3. The Morgan fingerprint density at radius 1 is 1.20 bits per heavy atom. The van der Waals surface area contributed by atoms with Gasteiger partial charge in [-0.15, -0.1) is 0 Å². The van der Waals surface area contributed by atoms with Gasteiger partial charge >= 0.3 is 0 Å². The maximum Gasteiger partial charge on any atom is 0.223 e. The molecule has 0 amide bonds. The van der Waals surface area contributed by atoms with Crippen LogP contribution < -0.4 is 10.2 Å². The lowest BCUT2D eigenvalue weighted by Gasteiger charge is -2.58. The highest BCUT2D eigenvalue weighted by Crippen LogP contribution is 2.50. The Kier molecular flexibility index (Phi) is 4.64. The summed E-state index contributed by atoms with van der Waals surface area (Å²) in [5.41, 5.74) is 2.02. The number of aliphatic hydroxyl groups excluding tert-OH is 1. The third kappa shape index (κ3) is 3.61. The van der Waals surface area contributed by atoms with Gasteiger partial charge in [-0.3, -0.25) is 0 Å². The van der Waals surface area contributed by atoms with Gasteiger partial charge in [-0.05, 0) is 38.7 Å². The zero-order valence-electron chi connectivity index (χ0n) is 17.4. The Labute approximate surface area is 176 Å². The molecular weight excluding hydrogens is 404 g/mol. The van der Waals surface area contributed by atoms with E-state index < -0.39 is 10.0 Å². The molecule has 1 saturated carbocycles. The number of rotatable bonds is 4. The van der Waals surface area contributed by atoms with E-state index in [-0.39, 0.29) is 17.6 Å². The van der Waals surface area contributed by atoms with Crippen LogP contribution in [-0.4, -0.2) is 77.4 Å². The van der Waals surface area contributed by atoms with Crippen molar-refractivity contribution in [2.75, 3.05) is 42.7 Å². The van der Waals surface area contributed by atoms with Crippen molar-refractivity contribution in [2.45, 2.75) is 44.8 Å². The number of aryl methyl sites for hydroxylation is 1. The zero-order valence-corrected chi connectivity index (χ0v) is 18.2. The van der Waals surface area contributed by atoms with E-state index in [1.54, 1.807) is 0 Å². The fourth-order valence-corrected chi connectivity index (χ4v) is 5.94. The molecule has 4 heterocycles. The molecule has 0 unspecified atom stereocenters. The largest absolute Gasteiger partial charge is 0.393 e. The van der Waals surface area contributed by atoms with Crippen LogP contribution in [0.25, 0.3) is 10.9 Å². The highest BCUT2D eigenvalue weighted by molar-refractivity contribution is 7.88. The Bertz CT molecular complexity index is 1070. The van der Waals surface area contributed by atoms with Gasteiger partial charge < -0.3 is 15.3 Å². The summed E-state index contributed by atoms with van der Waals surface area (Å²) in [4.78, 5) is 16.3. The standard InChI is InChI=1S/C20H28N6O3S/c1-13-7-14-10-21-19(23-15-3-5-26(6-4-15)30(2,28)29)24-17(14)18(22-13)25-11-20(12-25)8-16(27)9-20/h7,10,15-16,27H,3-6,8-9,11-12H2,1-2H3,(H,21,23,24). The molecule has 2 N–H and O–H groups in total. The Balaban J connectivity index is 1.33.